The number of nitrogens with zero attached hydrogens (tertiary/aromatic N) is 2. The van der Waals surface area contributed by atoms with Crippen LogP contribution in [0.4, 0.5) is 22.0 Å². The summed E-state index contributed by atoms with van der Waals surface area (Å²) < 4.78 is 78.8. The fourth-order valence-corrected chi connectivity index (χ4v) is 7.69. The molecule has 1 aromatic heterocycles. The summed E-state index contributed by atoms with van der Waals surface area (Å²) >= 11 is 0. The molecule has 1 saturated heterocycles. The molecule has 2 atom stereocenters. The summed E-state index contributed by atoms with van der Waals surface area (Å²) in [6.07, 6.45) is 2.72. The van der Waals surface area contributed by atoms with Crippen molar-refractivity contribution in [1.82, 2.24) is 14.8 Å². The van der Waals surface area contributed by atoms with Crippen LogP contribution in [-0.2, 0) is 33.3 Å². The van der Waals surface area contributed by atoms with Gasteiger partial charge in [-0.3, -0.25) is 19.3 Å². The maximum atomic E-state index is 16.8. The summed E-state index contributed by atoms with van der Waals surface area (Å²) in [5, 5.41) is 2.79. The van der Waals surface area contributed by atoms with E-state index in [0.29, 0.717) is 11.6 Å². The van der Waals surface area contributed by atoms with Gasteiger partial charge in [0.25, 0.3) is 5.56 Å². The minimum absolute atomic E-state index is 0.0410. The monoisotopic (exact) mass is 781 g/mol. The molecule has 7 nitrogen and oxygen atoms in total. The normalized spacial score (nSPS) is 15.9. The van der Waals surface area contributed by atoms with Crippen LogP contribution in [0.2, 0.25) is 0 Å². The van der Waals surface area contributed by atoms with Gasteiger partial charge in [0.2, 0.25) is 5.91 Å². The molecule has 12 heteroatoms. The Hall–Kier alpha value is -4.58. The average molecular weight is 782 g/mol. The van der Waals surface area contributed by atoms with Gasteiger partial charge in [-0.15, -0.1) is 13.2 Å². The van der Waals surface area contributed by atoms with Crippen LogP contribution in [0.1, 0.15) is 109 Å². The number of nitrogens with one attached hydrogen (secondary N) is 1. The zero-order valence-electron chi connectivity index (χ0n) is 32.5. The Bertz CT molecular complexity index is 1980. The van der Waals surface area contributed by atoms with Crippen LogP contribution in [0.5, 0.6) is 0 Å². The first kappa shape index (κ1) is 42.6. The number of benzene rings is 2. The second-order valence-corrected chi connectivity index (χ2v) is 15.1. The first-order valence-corrected chi connectivity index (χ1v) is 19.4. The second-order valence-electron chi connectivity index (χ2n) is 15.1. The largest absolute Gasteiger partial charge is 0.466 e. The summed E-state index contributed by atoms with van der Waals surface area (Å²) in [6.45, 7) is 13.6. The molecule has 0 radical (unpaired) electrons. The highest BCUT2D eigenvalue weighted by atomic mass is 19.4. The first-order chi connectivity index (χ1) is 26.6. The highest BCUT2D eigenvalue weighted by molar-refractivity contribution is 5.82. The Morgan fingerprint density at radius 3 is 2.38 bits per heavy atom. The number of hydrogen-bond acceptors (Lipinski definition) is 5. The van der Waals surface area contributed by atoms with Crippen LogP contribution < -0.4 is 10.9 Å². The number of aromatic nitrogens is 1. The number of ether oxygens (including phenoxy) is 1. The lowest BCUT2D eigenvalue weighted by Gasteiger charge is -2.34. The van der Waals surface area contributed by atoms with Gasteiger partial charge >= 0.3 is 12.1 Å². The number of aryl methyl sites for hydroxylation is 3. The predicted molar refractivity (Wildman–Crippen MR) is 208 cm³/mol. The minimum Gasteiger partial charge on any atom is -0.466 e. The molecule has 1 aliphatic carbocycles. The summed E-state index contributed by atoms with van der Waals surface area (Å²) in [4.78, 5) is 42.4. The van der Waals surface area contributed by atoms with Gasteiger partial charge in [-0.1, -0.05) is 29.8 Å². The number of allylic oxidation sites excluding steroid dienone is 2. The molecule has 1 N–H and O–H groups in total. The van der Waals surface area contributed by atoms with E-state index in [-0.39, 0.29) is 56.1 Å². The quantitative estimate of drug-likeness (QED) is 0.0568. The van der Waals surface area contributed by atoms with Crippen LogP contribution in [0, 0.1) is 19.7 Å². The van der Waals surface area contributed by atoms with Gasteiger partial charge in [0.15, 0.2) is 0 Å². The molecule has 2 heterocycles. The predicted octanol–water partition coefficient (Wildman–Crippen LogP) is 9.19. The van der Waals surface area contributed by atoms with E-state index < -0.39 is 59.7 Å². The van der Waals surface area contributed by atoms with E-state index >= 15 is 4.39 Å². The molecule has 2 fully saturated rings. The van der Waals surface area contributed by atoms with Crippen LogP contribution >= 0.6 is 0 Å². The lowest BCUT2D eigenvalue weighted by Crippen LogP contribution is -2.49. The topological polar surface area (TPSA) is 80.6 Å². The van der Waals surface area contributed by atoms with Gasteiger partial charge in [0.05, 0.1) is 24.6 Å². The first-order valence-electron chi connectivity index (χ1n) is 19.4. The van der Waals surface area contributed by atoms with Crippen molar-refractivity contribution < 1.29 is 36.3 Å². The van der Waals surface area contributed by atoms with Crippen LogP contribution in [0.15, 0.2) is 66.6 Å². The number of esters is 1. The maximum Gasteiger partial charge on any atom is 0.416 e. The number of halogens is 5. The van der Waals surface area contributed by atoms with Crippen molar-refractivity contribution in [2.45, 2.75) is 109 Å². The zero-order valence-corrected chi connectivity index (χ0v) is 32.5. The summed E-state index contributed by atoms with van der Waals surface area (Å²) in [6, 6.07) is 5.55. The van der Waals surface area contributed by atoms with Gasteiger partial charge in [-0.25, -0.2) is 8.78 Å². The molecule has 0 spiro atoms. The minimum atomic E-state index is -4.85. The van der Waals surface area contributed by atoms with Gasteiger partial charge < -0.3 is 14.6 Å². The van der Waals surface area contributed by atoms with Crippen molar-refractivity contribution in [3.63, 3.8) is 0 Å². The summed E-state index contributed by atoms with van der Waals surface area (Å²) in [5.74, 6) is -2.11. The molecule has 0 unspecified atom stereocenters. The maximum absolute atomic E-state index is 16.8. The van der Waals surface area contributed by atoms with Crippen molar-refractivity contribution in [3.8, 4) is 11.1 Å². The van der Waals surface area contributed by atoms with E-state index in [2.05, 4.69) is 30.6 Å². The van der Waals surface area contributed by atoms with Crippen LogP contribution in [0.25, 0.3) is 11.1 Å². The molecule has 1 aliphatic heterocycles. The van der Waals surface area contributed by atoms with Crippen molar-refractivity contribution >= 4 is 11.9 Å². The summed E-state index contributed by atoms with van der Waals surface area (Å²) in [5.41, 5.74) is 2.99. The fourth-order valence-electron chi connectivity index (χ4n) is 7.69. The van der Waals surface area contributed by atoms with Gasteiger partial charge in [0.1, 0.15) is 18.0 Å². The number of carbonyl (C=O) groups excluding carboxylic acids is 2. The highest BCUT2D eigenvalue weighted by Crippen LogP contribution is 2.45. The highest BCUT2D eigenvalue weighted by Gasteiger charge is 2.37. The molecule has 3 aromatic rings. The molecule has 56 heavy (non-hydrogen) atoms. The third-order valence-electron chi connectivity index (χ3n) is 10.6. The lowest BCUT2D eigenvalue weighted by molar-refractivity contribution is -0.144. The Labute approximate surface area is 325 Å². The molecule has 2 aliphatic rings. The molecule has 1 saturated carbocycles. The molecule has 1 amide bonds. The van der Waals surface area contributed by atoms with E-state index in [9.17, 15) is 31.9 Å². The molecule has 302 valence electrons. The SMILES string of the molecule is C=CCCCCc1cc(C)cc(C)c1-c1cc(C2CC2)c(F)c([C@H](CC(=O)OCC)NC(=O)[C@H](CC=C)n2cc(CCN3CC(F)C3)c(C(F)(F)F)cc2=O)c1. The number of rotatable bonds is 19. The Morgan fingerprint density at radius 1 is 1.02 bits per heavy atom. The lowest BCUT2D eigenvalue weighted by atomic mass is 9.86. The van der Waals surface area contributed by atoms with Crippen molar-refractivity contribution in [2.75, 3.05) is 26.2 Å². The smallest absolute Gasteiger partial charge is 0.416 e. The number of unbranched alkanes of at least 4 members (excludes halogenated alkanes) is 2. The van der Waals surface area contributed by atoms with E-state index in [1.54, 1.807) is 17.9 Å². The molecule has 0 bridgehead atoms. The molecular weight excluding hydrogens is 729 g/mol. The third-order valence-corrected chi connectivity index (χ3v) is 10.6. The van der Waals surface area contributed by atoms with Crippen molar-refractivity contribution in [1.29, 1.82) is 0 Å². The van der Waals surface area contributed by atoms with E-state index in [1.807, 2.05) is 26.0 Å². The Balaban J connectivity index is 1.57. The average Bonchev–Trinajstić information content (AvgIpc) is 3.96. The van der Waals surface area contributed by atoms with Gasteiger partial charge in [0, 0.05) is 37.5 Å². The number of pyridine rings is 1. The standard InChI is InChI=1S/C44H52F5N3O4/c1-6-9-10-11-13-30-19-27(4)18-28(5)41(30)32-20-34(29-14-15-29)42(46)35(21-32)37(23-40(54)56-8-3)50-43(55)38(12-7-2)52-24-31(16-17-51-25-33(45)26-51)36(22-39(52)53)44(47,48)49/h6-7,18-22,24,29,33,37-38H,1-2,8-17,23,25-26H2,3-5H3,(H,50,55)/t37-,38-/m0/s1. The van der Waals surface area contributed by atoms with Crippen LogP contribution in [-0.4, -0.2) is 53.8 Å². The fraction of sp³-hybridized carbons (Fsp3) is 0.477. The number of likely N-dealkylation sites (tertiary alicyclic amines) is 1. The van der Waals surface area contributed by atoms with E-state index in [0.717, 1.165) is 77.1 Å². The number of amides is 1. The molecular formula is C44H52F5N3O4. The number of hydrogen-bond donors (Lipinski definition) is 1. The second kappa shape index (κ2) is 18.6. The molecule has 5 rings (SSSR count). The van der Waals surface area contributed by atoms with Crippen LogP contribution in [0.3, 0.4) is 0 Å². The van der Waals surface area contributed by atoms with Gasteiger partial charge in [-0.2, -0.15) is 13.2 Å². The van der Waals surface area contributed by atoms with E-state index in [1.165, 1.54) is 6.08 Å². The molecule has 2 aromatic carbocycles. The van der Waals surface area contributed by atoms with Crippen molar-refractivity contribution in [2.24, 2.45) is 0 Å². The number of carbonyl (C=O) groups is 2. The Morgan fingerprint density at radius 2 is 1.75 bits per heavy atom. The summed E-state index contributed by atoms with van der Waals surface area (Å²) in [7, 11) is 0. The van der Waals surface area contributed by atoms with E-state index in [4.69, 9.17) is 4.74 Å². The zero-order chi connectivity index (χ0) is 40.7. The number of alkyl halides is 4. The third kappa shape index (κ3) is 10.4. The van der Waals surface area contributed by atoms with Gasteiger partial charge in [-0.05, 0) is 124 Å². The Kier molecular flexibility index (Phi) is 14.1. The van der Waals surface area contributed by atoms with Crippen molar-refractivity contribution in [3.05, 3.63) is 117 Å².